The van der Waals surface area contributed by atoms with Crippen LogP contribution in [-0.4, -0.2) is 73.1 Å². The van der Waals surface area contributed by atoms with Crippen LogP contribution in [0.15, 0.2) is 30.3 Å². The summed E-state index contributed by atoms with van der Waals surface area (Å²) in [5.74, 6) is -1.67. The average Bonchev–Trinajstić information content (AvgIpc) is 2.92. The second kappa shape index (κ2) is 11.6. The molecule has 2 aliphatic heterocycles. The van der Waals surface area contributed by atoms with E-state index in [1.165, 1.54) is 16.7 Å². The molecule has 2 aliphatic rings. The van der Waals surface area contributed by atoms with E-state index in [1.54, 1.807) is 11.8 Å². The Morgan fingerprint density at radius 3 is 2.59 bits per heavy atom. The van der Waals surface area contributed by atoms with Crippen LogP contribution < -0.4 is 5.32 Å². The Morgan fingerprint density at radius 1 is 1.16 bits per heavy atom. The molecule has 0 aliphatic carbocycles. The van der Waals surface area contributed by atoms with E-state index in [9.17, 15) is 24.3 Å². The minimum Gasteiger partial charge on any atom is -0.481 e. The molecule has 1 aromatic carbocycles. The van der Waals surface area contributed by atoms with Gasteiger partial charge in [0.15, 0.2) is 0 Å². The van der Waals surface area contributed by atoms with Crippen LogP contribution in [0, 0.1) is 0 Å². The van der Waals surface area contributed by atoms with Crippen molar-refractivity contribution in [2.45, 2.75) is 61.2 Å². The lowest BCUT2D eigenvalue weighted by Crippen LogP contribution is -2.57. The lowest BCUT2D eigenvalue weighted by atomic mass is 10.00. The second-order valence-electron chi connectivity index (χ2n) is 7.90. The highest BCUT2D eigenvalue weighted by molar-refractivity contribution is 8.00. The highest BCUT2D eigenvalue weighted by atomic mass is 32.2. The number of carboxylic acids is 2. The third kappa shape index (κ3) is 6.41. The molecule has 3 N–H and O–H groups in total. The molecule has 2 saturated heterocycles. The SMILES string of the molecule is O=C(O)CCS[C@@H](Cc1ccccc1)C(=O)N[C@H]1CCS[C@H]2CCC[C@@H](C(=O)O)N2C1=O. The highest BCUT2D eigenvalue weighted by Crippen LogP contribution is 2.34. The molecule has 8 nitrogen and oxygen atoms in total. The van der Waals surface area contributed by atoms with Crippen LogP contribution in [0.5, 0.6) is 0 Å². The first kappa shape index (κ1) is 24.4. The Hall–Kier alpha value is -2.20. The number of carbonyl (C=O) groups excluding carboxylic acids is 2. The topological polar surface area (TPSA) is 124 Å². The van der Waals surface area contributed by atoms with Gasteiger partial charge in [-0.2, -0.15) is 0 Å². The van der Waals surface area contributed by atoms with Gasteiger partial charge < -0.3 is 20.4 Å². The van der Waals surface area contributed by atoms with E-state index in [0.717, 1.165) is 18.4 Å². The third-order valence-electron chi connectivity index (χ3n) is 5.64. The van der Waals surface area contributed by atoms with Gasteiger partial charge in [0, 0.05) is 5.75 Å². The number of nitrogens with one attached hydrogen (secondary N) is 1. The van der Waals surface area contributed by atoms with E-state index in [1.807, 2.05) is 30.3 Å². The van der Waals surface area contributed by atoms with Gasteiger partial charge in [0.1, 0.15) is 12.1 Å². The predicted octanol–water partition coefficient (Wildman–Crippen LogP) is 2.22. The number of benzene rings is 1. The maximum Gasteiger partial charge on any atom is 0.326 e. The molecule has 3 rings (SSSR count). The Kier molecular flexibility index (Phi) is 8.86. The molecule has 174 valence electrons. The zero-order valence-electron chi connectivity index (χ0n) is 17.6. The number of hydrogen-bond donors (Lipinski definition) is 3. The lowest BCUT2D eigenvalue weighted by Gasteiger charge is -2.39. The predicted molar refractivity (Wildman–Crippen MR) is 124 cm³/mol. The smallest absolute Gasteiger partial charge is 0.326 e. The highest BCUT2D eigenvalue weighted by Gasteiger charge is 2.43. The van der Waals surface area contributed by atoms with E-state index in [2.05, 4.69) is 5.32 Å². The summed E-state index contributed by atoms with van der Waals surface area (Å²) in [5.41, 5.74) is 0.945. The maximum absolute atomic E-state index is 13.3. The molecule has 1 aromatic rings. The third-order valence-corrected chi connectivity index (χ3v) is 8.18. The Balaban J connectivity index is 1.72. The van der Waals surface area contributed by atoms with Crippen molar-refractivity contribution in [3.63, 3.8) is 0 Å². The van der Waals surface area contributed by atoms with Crippen LogP contribution >= 0.6 is 23.5 Å². The number of fused-ring (bicyclic) bond motifs is 1. The van der Waals surface area contributed by atoms with E-state index >= 15 is 0 Å². The van der Waals surface area contributed by atoms with Crippen molar-refractivity contribution in [2.75, 3.05) is 11.5 Å². The normalized spacial score (nSPS) is 24.2. The number of amides is 2. The monoisotopic (exact) mass is 480 g/mol. The first-order chi connectivity index (χ1) is 15.4. The Bertz CT molecular complexity index is 837. The molecule has 0 spiro atoms. The minimum atomic E-state index is -1.01. The van der Waals surface area contributed by atoms with Gasteiger partial charge in [-0.3, -0.25) is 14.4 Å². The van der Waals surface area contributed by atoms with Crippen molar-refractivity contribution in [2.24, 2.45) is 0 Å². The lowest BCUT2D eigenvalue weighted by molar-refractivity contribution is -0.154. The van der Waals surface area contributed by atoms with Gasteiger partial charge in [-0.1, -0.05) is 30.3 Å². The molecule has 0 bridgehead atoms. The quantitative estimate of drug-likeness (QED) is 0.492. The van der Waals surface area contributed by atoms with Gasteiger partial charge in [0.25, 0.3) is 0 Å². The molecule has 0 aromatic heterocycles. The van der Waals surface area contributed by atoms with Crippen molar-refractivity contribution in [3.05, 3.63) is 35.9 Å². The summed E-state index contributed by atoms with van der Waals surface area (Å²) >= 11 is 2.83. The fourth-order valence-corrected chi connectivity index (χ4v) is 6.53. The number of aliphatic carboxylic acids is 2. The Morgan fingerprint density at radius 2 is 1.91 bits per heavy atom. The van der Waals surface area contributed by atoms with Crippen LogP contribution in [0.2, 0.25) is 0 Å². The molecular formula is C22H28N2O6S2. The standard InChI is InChI=1S/C22H28N2O6S2/c25-19(26)10-12-31-17(13-14-5-2-1-3-6-14)20(27)23-15-9-11-32-18-8-4-7-16(22(29)30)24(18)21(15)28/h1-3,5-6,15-18H,4,7-13H2,(H,23,27)(H,25,26)(H,29,30)/t15-,16-,17-,18-/m0/s1. The number of rotatable bonds is 9. The van der Waals surface area contributed by atoms with Gasteiger partial charge in [-0.05, 0) is 43.4 Å². The van der Waals surface area contributed by atoms with Crippen LogP contribution in [0.3, 0.4) is 0 Å². The number of piperidine rings is 1. The summed E-state index contributed by atoms with van der Waals surface area (Å²) in [6.45, 7) is 0. The molecule has 2 fully saturated rings. The summed E-state index contributed by atoms with van der Waals surface area (Å²) in [4.78, 5) is 50.5. The first-order valence-corrected chi connectivity index (χ1v) is 12.8. The summed E-state index contributed by atoms with van der Waals surface area (Å²) in [7, 11) is 0. The Labute approximate surface area is 195 Å². The van der Waals surface area contributed by atoms with E-state index in [0.29, 0.717) is 25.0 Å². The molecule has 2 heterocycles. The minimum absolute atomic E-state index is 0.0576. The zero-order chi connectivity index (χ0) is 23.1. The van der Waals surface area contributed by atoms with Crippen LogP contribution in [0.1, 0.15) is 37.7 Å². The molecule has 32 heavy (non-hydrogen) atoms. The number of nitrogens with zero attached hydrogens (tertiary/aromatic N) is 1. The van der Waals surface area contributed by atoms with Gasteiger partial charge in [-0.25, -0.2) is 4.79 Å². The van der Waals surface area contributed by atoms with Crippen molar-refractivity contribution in [3.8, 4) is 0 Å². The largest absolute Gasteiger partial charge is 0.481 e. The van der Waals surface area contributed by atoms with E-state index in [-0.39, 0.29) is 29.4 Å². The van der Waals surface area contributed by atoms with Crippen LogP contribution in [0.25, 0.3) is 0 Å². The van der Waals surface area contributed by atoms with E-state index < -0.39 is 29.3 Å². The van der Waals surface area contributed by atoms with Crippen molar-refractivity contribution in [1.29, 1.82) is 0 Å². The number of carboxylic acid groups (broad SMARTS) is 2. The van der Waals surface area contributed by atoms with Gasteiger partial charge >= 0.3 is 11.9 Å². The average molecular weight is 481 g/mol. The summed E-state index contributed by atoms with van der Waals surface area (Å²) in [5, 5.41) is 20.7. The number of hydrogen-bond acceptors (Lipinski definition) is 6. The zero-order valence-corrected chi connectivity index (χ0v) is 19.3. The first-order valence-electron chi connectivity index (χ1n) is 10.7. The fourth-order valence-electron chi connectivity index (χ4n) is 4.03. The molecule has 2 amide bonds. The molecule has 0 radical (unpaired) electrons. The molecule has 10 heteroatoms. The molecular weight excluding hydrogens is 452 g/mol. The second-order valence-corrected chi connectivity index (χ2v) is 10.5. The van der Waals surface area contributed by atoms with Crippen LogP contribution in [0.4, 0.5) is 0 Å². The van der Waals surface area contributed by atoms with E-state index in [4.69, 9.17) is 5.11 Å². The molecule has 4 atom stereocenters. The summed E-state index contributed by atoms with van der Waals surface area (Å²) in [6, 6.07) is 7.80. The van der Waals surface area contributed by atoms with Crippen LogP contribution in [-0.2, 0) is 25.6 Å². The molecule has 0 unspecified atom stereocenters. The van der Waals surface area contributed by atoms with Gasteiger partial charge in [0.2, 0.25) is 11.8 Å². The number of thioether (sulfide) groups is 2. The van der Waals surface area contributed by atoms with Gasteiger partial charge in [0.05, 0.1) is 17.0 Å². The molecule has 0 saturated carbocycles. The van der Waals surface area contributed by atoms with Crippen molar-refractivity contribution in [1.82, 2.24) is 10.2 Å². The fraction of sp³-hybridized carbons (Fsp3) is 0.545. The van der Waals surface area contributed by atoms with Gasteiger partial charge in [-0.15, -0.1) is 23.5 Å². The van der Waals surface area contributed by atoms with Crippen molar-refractivity contribution >= 4 is 47.3 Å². The maximum atomic E-state index is 13.3. The van der Waals surface area contributed by atoms with Crippen molar-refractivity contribution < 1.29 is 29.4 Å². The summed E-state index contributed by atoms with van der Waals surface area (Å²) in [6.07, 6.45) is 2.72. The number of carbonyl (C=O) groups is 4. The summed E-state index contributed by atoms with van der Waals surface area (Å²) < 4.78 is 0.